The average Bonchev–Trinajstić information content (AvgIpc) is 2.56. The van der Waals surface area contributed by atoms with Gasteiger partial charge in [-0.05, 0) is 30.7 Å². The van der Waals surface area contributed by atoms with Gasteiger partial charge in [0.1, 0.15) is 29.7 Å². The highest BCUT2D eigenvalue weighted by Crippen LogP contribution is 2.18. The highest BCUT2D eigenvalue weighted by Gasteiger charge is 2.06. The molecular formula is C17H18N4O. The molecule has 0 bridgehead atoms. The van der Waals surface area contributed by atoms with Crippen LogP contribution in [-0.2, 0) is 0 Å². The van der Waals surface area contributed by atoms with Gasteiger partial charge in [0.15, 0.2) is 5.57 Å². The lowest BCUT2D eigenvalue weighted by molar-refractivity contribution is 0.305. The number of allylic oxidation sites excluding steroid dienone is 2. The second-order valence-electron chi connectivity index (χ2n) is 4.64. The predicted octanol–water partition coefficient (Wildman–Crippen LogP) is 3.88. The molecule has 0 amide bonds. The Balaban J connectivity index is 2.59. The average molecular weight is 294 g/mol. The van der Waals surface area contributed by atoms with E-state index in [1.54, 1.807) is 36.4 Å². The smallest absolute Gasteiger partial charge is 0.163 e. The fourth-order valence-electron chi connectivity index (χ4n) is 1.78. The zero-order valence-corrected chi connectivity index (χ0v) is 12.6. The summed E-state index contributed by atoms with van der Waals surface area (Å²) >= 11 is 0. The molecule has 0 unspecified atom stereocenters. The van der Waals surface area contributed by atoms with Crippen LogP contribution < -0.4 is 10.1 Å². The van der Waals surface area contributed by atoms with Crippen LogP contribution in [0.4, 0.5) is 5.69 Å². The van der Waals surface area contributed by atoms with Crippen molar-refractivity contribution in [1.29, 1.82) is 15.8 Å². The van der Waals surface area contributed by atoms with E-state index in [0.29, 0.717) is 12.3 Å². The van der Waals surface area contributed by atoms with Gasteiger partial charge in [-0.25, -0.2) is 0 Å². The SMILES string of the molecule is CCCCCCOc1ccc(NC(C#N)=C(C#N)C#N)cc1. The molecule has 112 valence electrons. The molecule has 0 radical (unpaired) electrons. The van der Waals surface area contributed by atoms with Crippen molar-refractivity contribution in [1.82, 2.24) is 0 Å². The summed E-state index contributed by atoms with van der Waals surface area (Å²) in [6.45, 7) is 2.85. The molecule has 5 heteroatoms. The number of nitrogens with one attached hydrogen (secondary N) is 1. The summed E-state index contributed by atoms with van der Waals surface area (Å²) in [6.07, 6.45) is 4.61. The third-order valence-corrected chi connectivity index (χ3v) is 2.98. The maximum Gasteiger partial charge on any atom is 0.163 e. The number of benzene rings is 1. The molecule has 0 aliphatic carbocycles. The van der Waals surface area contributed by atoms with Crippen LogP contribution in [0.2, 0.25) is 0 Å². The normalized spacial score (nSPS) is 9.00. The van der Waals surface area contributed by atoms with E-state index in [-0.39, 0.29) is 11.3 Å². The molecule has 0 atom stereocenters. The lowest BCUT2D eigenvalue weighted by atomic mass is 10.2. The highest BCUT2D eigenvalue weighted by atomic mass is 16.5. The molecule has 1 rings (SSSR count). The van der Waals surface area contributed by atoms with Crippen LogP contribution in [0.3, 0.4) is 0 Å². The zero-order valence-electron chi connectivity index (χ0n) is 12.6. The Hall–Kier alpha value is -2.97. The van der Waals surface area contributed by atoms with E-state index in [9.17, 15) is 0 Å². The molecule has 0 aliphatic heterocycles. The van der Waals surface area contributed by atoms with Gasteiger partial charge in [0.2, 0.25) is 0 Å². The van der Waals surface area contributed by atoms with Gasteiger partial charge in [-0.1, -0.05) is 26.2 Å². The Morgan fingerprint density at radius 2 is 1.68 bits per heavy atom. The Labute approximate surface area is 131 Å². The molecule has 1 N–H and O–H groups in total. The summed E-state index contributed by atoms with van der Waals surface area (Å²) < 4.78 is 5.62. The zero-order chi connectivity index (χ0) is 16.2. The fraction of sp³-hybridized carbons (Fsp3) is 0.353. The Kier molecular flexibility index (Phi) is 7.66. The van der Waals surface area contributed by atoms with Crippen LogP contribution in [0.5, 0.6) is 5.75 Å². The molecule has 0 saturated carbocycles. The summed E-state index contributed by atoms with van der Waals surface area (Å²) in [6, 6.07) is 12.2. The van der Waals surface area contributed by atoms with Gasteiger partial charge < -0.3 is 10.1 Å². The van der Waals surface area contributed by atoms with Crippen molar-refractivity contribution in [3.8, 4) is 24.0 Å². The van der Waals surface area contributed by atoms with Gasteiger partial charge >= 0.3 is 0 Å². The van der Waals surface area contributed by atoms with Crippen molar-refractivity contribution < 1.29 is 4.74 Å². The minimum Gasteiger partial charge on any atom is -0.494 e. The van der Waals surface area contributed by atoms with E-state index in [1.807, 2.05) is 6.07 Å². The number of hydrogen-bond acceptors (Lipinski definition) is 5. The lowest BCUT2D eigenvalue weighted by Gasteiger charge is -2.08. The monoisotopic (exact) mass is 294 g/mol. The minimum absolute atomic E-state index is 0.0572. The topological polar surface area (TPSA) is 92.6 Å². The molecule has 0 heterocycles. The number of nitriles is 3. The molecule has 0 fully saturated rings. The molecule has 5 nitrogen and oxygen atoms in total. The Morgan fingerprint density at radius 3 is 2.23 bits per heavy atom. The van der Waals surface area contributed by atoms with Gasteiger partial charge in [0.05, 0.1) is 6.61 Å². The van der Waals surface area contributed by atoms with Crippen LogP contribution in [0, 0.1) is 34.0 Å². The molecule has 22 heavy (non-hydrogen) atoms. The van der Waals surface area contributed by atoms with Crippen LogP contribution in [0.15, 0.2) is 35.5 Å². The first kappa shape index (κ1) is 17.1. The molecule has 1 aromatic carbocycles. The molecule has 1 aromatic rings. The van der Waals surface area contributed by atoms with E-state index in [0.717, 1.165) is 18.6 Å². The number of unbranched alkanes of at least 4 members (excludes halogenated alkanes) is 3. The third-order valence-electron chi connectivity index (χ3n) is 2.98. The molecule has 0 aromatic heterocycles. The van der Waals surface area contributed by atoms with Crippen molar-refractivity contribution in [3.63, 3.8) is 0 Å². The van der Waals surface area contributed by atoms with Crippen LogP contribution >= 0.6 is 0 Å². The molecule has 0 saturated heterocycles. The van der Waals surface area contributed by atoms with Crippen LogP contribution in [0.25, 0.3) is 0 Å². The first-order chi connectivity index (χ1) is 10.7. The van der Waals surface area contributed by atoms with E-state index >= 15 is 0 Å². The summed E-state index contributed by atoms with van der Waals surface area (Å²) in [5.41, 5.74) is 0.329. The summed E-state index contributed by atoms with van der Waals surface area (Å²) in [7, 11) is 0. The number of nitrogens with zero attached hydrogens (tertiary/aromatic N) is 3. The van der Waals surface area contributed by atoms with E-state index in [1.165, 1.54) is 12.8 Å². The van der Waals surface area contributed by atoms with Crippen molar-refractivity contribution >= 4 is 5.69 Å². The summed E-state index contributed by atoms with van der Waals surface area (Å²) in [5.74, 6) is 0.755. The van der Waals surface area contributed by atoms with Crippen molar-refractivity contribution in [3.05, 3.63) is 35.5 Å². The second-order valence-corrected chi connectivity index (χ2v) is 4.64. The number of anilines is 1. The number of rotatable bonds is 8. The van der Waals surface area contributed by atoms with Gasteiger partial charge in [0.25, 0.3) is 0 Å². The van der Waals surface area contributed by atoms with Crippen LogP contribution in [-0.4, -0.2) is 6.61 Å². The quantitative estimate of drug-likeness (QED) is 0.580. The van der Waals surface area contributed by atoms with E-state index in [2.05, 4.69) is 12.2 Å². The second kappa shape index (κ2) is 9.86. The van der Waals surface area contributed by atoms with E-state index < -0.39 is 0 Å². The van der Waals surface area contributed by atoms with Gasteiger partial charge in [0, 0.05) is 5.69 Å². The van der Waals surface area contributed by atoms with Crippen LogP contribution in [0.1, 0.15) is 32.6 Å². The molecule has 0 aliphatic rings. The van der Waals surface area contributed by atoms with Gasteiger partial charge in [-0.15, -0.1) is 0 Å². The highest BCUT2D eigenvalue weighted by molar-refractivity contribution is 5.58. The van der Waals surface area contributed by atoms with Gasteiger partial charge in [-0.3, -0.25) is 0 Å². The first-order valence-corrected chi connectivity index (χ1v) is 7.19. The van der Waals surface area contributed by atoms with Crippen molar-refractivity contribution in [2.75, 3.05) is 11.9 Å². The Bertz CT molecular complexity index is 611. The largest absolute Gasteiger partial charge is 0.494 e. The predicted molar refractivity (Wildman–Crippen MR) is 83.6 cm³/mol. The molecule has 0 spiro atoms. The number of ether oxygens (including phenoxy) is 1. The summed E-state index contributed by atoms with van der Waals surface area (Å²) in [4.78, 5) is 0. The molecular weight excluding hydrogens is 276 g/mol. The Morgan fingerprint density at radius 1 is 1.00 bits per heavy atom. The first-order valence-electron chi connectivity index (χ1n) is 7.19. The lowest BCUT2D eigenvalue weighted by Crippen LogP contribution is -2.01. The van der Waals surface area contributed by atoms with Crippen molar-refractivity contribution in [2.24, 2.45) is 0 Å². The van der Waals surface area contributed by atoms with Crippen molar-refractivity contribution in [2.45, 2.75) is 32.6 Å². The fourth-order valence-corrected chi connectivity index (χ4v) is 1.78. The maximum absolute atomic E-state index is 8.96. The maximum atomic E-state index is 8.96. The number of hydrogen-bond donors (Lipinski definition) is 1. The van der Waals surface area contributed by atoms with Gasteiger partial charge in [-0.2, -0.15) is 15.8 Å². The standard InChI is InChI=1S/C17H18N4O/c1-2-3-4-5-10-22-16-8-6-15(7-9-16)21-17(13-20)14(11-18)12-19/h6-9,21H,2-5,10H2,1H3. The van der Waals surface area contributed by atoms with E-state index in [4.69, 9.17) is 20.5 Å². The third kappa shape index (κ3) is 5.57. The minimum atomic E-state index is -0.237. The summed E-state index contributed by atoms with van der Waals surface area (Å²) in [5, 5.41) is 29.3.